The number of fused-ring (bicyclic) bond motifs is 1. The molecule has 2 saturated heterocycles. The van der Waals surface area contributed by atoms with Crippen LogP contribution in [0.3, 0.4) is 0 Å². The SMILES string of the molecule is O=C1CCC(N2Cc3c(cc(F)cc3C3CCN(Cc4ncc(-c5ccccc5)[nH]4)CC3)C2=O)C(=O)N1. The molecule has 37 heavy (non-hydrogen) atoms. The summed E-state index contributed by atoms with van der Waals surface area (Å²) in [5.74, 6) is -0.509. The van der Waals surface area contributed by atoms with E-state index in [2.05, 4.69) is 20.2 Å². The molecule has 9 heteroatoms. The second-order valence-corrected chi connectivity index (χ2v) is 10.1. The molecule has 3 aromatic rings. The number of likely N-dealkylation sites (tertiary alicyclic amines) is 1. The van der Waals surface area contributed by atoms with Crippen molar-refractivity contribution in [1.29, 1.82) is 0 Å². The fraction of sp³-hybridized carbons (Fsp3) is 0.357. The number of amides is 3. The minimum atomic E-state index is -0.704. The van der Waals surface area contributed by atoms with E-state index in [1.807, 2.05) is 36.5 Å². The number of rotatable bonds is 5. The molecule has 4 heterocycles. The number of imide groups is 1. The molecular formula is C28H28FN5O3. The van der Waals surface area contributed by atoms with Crippen molar-refractivity contribution in [2.75, 3.05) is 13.1 Å². The smallest absolute Gasteiger partial charge is 0.255 e. The van der Waals surface area contributed by atoms with Crippen molar-refractivity contribution in [1.82, 2.24) is 25.1 Å². The Labute approximate surface area is 213 Å². The zero-order valence-corrected chi connectivity index (χ0v) is 20.4. The van der Waals surface area contributed by atoms with Gasteiger partial charge in [0.25, 0.3) is 5.91 Å². The first-order valence-electron chi connectivity index (χ1n) is 12.7. The fourth-order valence-electron chi connectivity index (χ4n) is 5.84. The summed E-state index contributed by atoms with van der Waals surface area (Å²) in [5.41, 5.74) is 4.10. The predicted molar refractivity (Wildman–Crippen MR) is 134 cm³/mol. The molecule has 1 atom stereocenters. The van der Waals surface area contributed by atoms with Crippen molar-refractivity contribution in [2.24, 2.45) is 0 Å². The number of hydrogen-bond acceptors (Lipinski definition) is 5. The first-order chi connectivity index (χ1) is 18.0. The molecule has 3 amide bonds. The van der Waals surface area contributed by atoms with Crippen molar-refractivity contribution < 1.29 is 18.8 Å². The second kappa shape index (κ2) is 9.55. The van der Waals surface area contributed by atoms with Crippen LogP contribution in [0.5, 0.6) is 0 Å². The lowest BCUT2D eigenvalue weighted by Gasteiger charge is -2.32. The van der Waals surface area contributed by atoms with Gasteiger partial charge in [-0.2, -0.15) is 0 Å². The maximum atomic E-state index is 14.6. The summed E-state index contributed by atoms with van der Waals surface area (Å²) in [5, 5.41) is 2.32. The first-order valence-corrected chi connectivity index (χ1v) is 12.7. The van der Waals surface area contributed by atoms with Crippen LogP contribution in [0, 0.1) is 5.82 Å². The topological polar surface area (TPSA) is 98.4 Å². The summed E-state index contributed by atoms with van der Waals surface area (Å²) in [6.07, 6.45) is 4.03. The first kappa shape index (κ1) is 23.5. The van der Waals surface area contributed by atoms with Gasteiger partial charge in [-0.3, -0.25) is 24.6 Å². The van der Waals surface area contributed by atoms with Gasteiger partial charge >= 0.3 is 0 Å². The summed E-state index contributed by atoms with van der Waals surface area (Å²) >= 11 is 0. The van der Waals surface area contributed by atoms with E-state index in [0.717, 1.165) is 54.1 Å². The zero-order chi connectivity index (χ0) is 25.5. The third kappa shape index (κ3) is 4.55. The summed E-state index contributed by atoms with van der Waals surface area (Å²) in [6, 6.07) is 12.2. The van der Waals surface area contributed by atoms with E-state index >= 15 is 0 Å². The van der Waals surface area contributed by atoms with Crippen LogP contribution in [-0.4, -0.2) is 56.6 Å². The Hall–Kier alpha value is -3.85. The Bertz CT molecular complexity index is 1360. The molecule has 1 unspecified atom stereocenters. The van der Waals surface area contributed by atoms with Gasteiger partial charge in [-0.15, -0.1) is 0 Å². The molecule has 6 rings (SSSR count). The molecule has 0 bridgehead atoms. The highest BCUT2D eigenvalue weighted by Crippen LogP contribution is 2.38. The second-order valence-electron chi connectivity index (χ2n) is 10.1. The van der Waals surface area contributed by atoms with Gasteiger partial charge in [0.15, 0.2) is 0 Å². The van der Waals surface area contributed by atoms with Gasteiger partial charge in [0.1, 0.15) is 17.7 Å². The molecule has 0 saturated carbocycles. The van der Waals surface area contributed by atoms with Crippen LogP contribution < -0.4 is 5.32 Å². The van der Waals surface area contributed by atoms with Crippen LogP contribution >= 0.6 is 0 Å². The number of hydrogen-bond donors (Lipinski definition) is 2. The summed E-state index contributed by atoms with van der Waals surface area (Å²) in [6.45, 7) is 2.65. The van der Waals surface area contributed by atoms with Crippen molar-refractivity contribution in [3.63, 3.8) is 0 Å². The number of benzene rings is 2. The van der Waals surface area contributed by atoms with Gasteiger partial charge in [-0.05, 0) is 67.1 Å². The average molecular weight is 502 g/mol. The Morgan fingerprint density at radius 2 is 1.81 bits per heavy atom. The number of H-pyrrole nitrogens is 1. The van der Waals surface area contributed by atoms with Crippen molar-refractivity contribution in [3.05, 3.63) is 77.0 Å². The summed E-state index contributed by atoms with van der Waals surface area (Å²) in [7, 11) is 0. The van der Waals surface area contributed by atoms with Gasteiger partial charge in [0, 0.05) is 18.5 Å². The minimum absolute atomic E-state index is 0.131. The van der Waals surface area contributed by atoms with Crippen molar-refractivity contribution in [3.8, 4) is 11.3 Å². The standard InChI is InChI=1S/C28H28FN5O3/c29-19-12-20(22-15-34(28(37)21(22)13-19)24-6-7-26(35)32-27(24)36)17-8-10-33(11-9-17)16-25-30-14-23(31-25)18-4-2-1-3-5-18/h1-5,12-14,17,24H,6-11,15-16H2,(H,30,31)(H,32,35,36). The molecule has 1 aromatic heterocycles. The molecule has 2 N–H and O–H groups in total. The lowest BCUT2D eigenvalue weighted by molar-refractivity contribution is -0.136. The number of nitrogens with one attached hydrogen (secondary N) is 2. The molecule has 2 aromatic carbocycles. The van der Waals surface area contributed by atoms with Crippen LogP contribution in [-0.2, 0) is 22.7 Å². The lowest BCUT2D eigenvalue weighted by atomic mass is 9.85. The van der Waals surface area contributed by atoms with Crippen LogP contribution in [0.25, 0.3) is 11.3 Å². The maximum absolute atomic E-state index is 14.6. The summed E-state index contributed by atoms with van der Waals surface area (Å²) in [4.78, 5) is 48.9. The fourth-order valence-corrected chi connectivity index (χ4v) is 5.84. The number of nitrogens with zero attached hydrogens (tertiary/aromatic N) is 3. The highest BCUT2D eigenvalue weighted by molar-refractivity contribution is 6.05. The van der Waals surface area contributed by atoms with Gasteiger partial charge < -0.3 is 9.88 Å². The van der Waals surface area contributed by atoms with E-state index in [0.29, 0.717) is 18.5 Å². The Morgan fingerprint density at radius 1 is 1.03 bits per heavy atom. The van der Waals surface area contributed by atoms with E-state index < -0.39 is 17.8 Å². The van der Waals surface area contributed by atoms with E-state index in [1.165, 1.54) is 11.0 Å². The molecule has 2 fully saturated rings. The molecular weight excluding hydrogens is 473 g/mol. The third-order valence-corrected chi connectivity index (χ3v) is 7.77. The van der Waals surface area contributed by atoms with Crippen LogP contribution in [0.1, 0.15) is 58.9 Å². The number of aromatic amines is 1. The van der Waals surface area contributed by atoms with Gasteiger partial charge in [0.2, 0.25) is 11.8 Å². The van der Waals surface area contributed by atoms with E-state index in [9.17, 15) is 18.8 Å². The average Bonchev–Trinajstić information content (AvgIpc) is 3.49. The molecule has 190 valence electrons. The molecule has 3 aliphatic heterocycles. The molecule has 8 nitrogen and oxygen atoms in total. The Morgan fingerprint density at radius 3 is 2.57 bits per heavy atom. The van der Waals surface area contributed by atoms with E-state index in [1.54, 1.807) is 6.07 Å². The van der Waals surface area contributed by atoms with E-state index in [-0.39, 0.29) is 30.7 Å². The third-order valence-electron chi connectivity index (χ3n) is 7.77. The van der Waals surface area contributed by atoms with Crippen molar-refractivity contribution in [2.45, 2.75) is 50.7 Å². The monoisotopic (exact) mass is 501 g/mol. The highest BCUT2D eigenvalue weighted by Gasteiger charge is 2.41. The van der Waals surface area contributed by atoms with Gasteiger partial charge in [0.05, 0.1) is 18.4 Å². The quantitative estimate of drug-likeness (QED) is 0.523. The van der Waals surface area contributed by atoms with Crippen LogP contribution in [0.2, 0.25) is 0 Å². The number of carbonyl (C=O) groups excluding carboxylic acids is 3. The van der Waals surface area contributed by atoms with Crippen molar-refractivity contribution >= 4 is 17.7 Å². The van der Waals surface area contributed by atoms with Crippen LogP contribution in [0.4, 0.5) is 4.39 Å². The summed E-state index contributed by atoms with van der Waals surface area (Å²) < 4.78 is 14.6. The lowest BCUT2D eigenvalue weighted by Crippen LogP contribution is -2.52. The zero-order valence-electron chi connectivity index (χ0n) is 20.4. The molecule has 0 radical (unpaired) electrons. The largest absolute Gasteiger partial charge is 0.341 e. The van der Waals surface area contributed by atoms with Crippen LogP contribution in [0.15, 0.2) is 48.7 Å². The maximum Gasteiger partial charge on any atom is 0.255 e. The molecule has 0 spiro atoms. The van der Waals surface area contributed by atoms with Gasteiger partial charge in [-0.1, -0.05) is 30.3 Å². The number of carbonyl (C=O) groups is 3. The van der Waals surface area contributed by atoms with E-state index in [4.69, 9.17) is 0 Å². The highest BCUT2D eigenvalue weighted by atomic mass is 19.1. The predicted octanol–water partition coefficient (Wildman–Crippen LogP) is 3.36. The Balaban J connectivity index is 1.14. The number of halogens is 1. The molecule has 0 aliphatic carbocycles. The number of imidazole rings is 1. The Kier molecular flexibility index (Phi) is 6.08. The number of aromatic nitrogens is 2. The number of piperidine rings is 2. The normalized spacial score (nSPS) is 20.8. The minimum Gasteiger partial charge on any atom is -0.341 e. The van der Waals surface area contributed by atoms with Gasteiger partial charge in [-0.25, -0.2) is 9.37 Å². The molecule has 3 aliphatic rings.